The maximum absolute atomic E-state index is 5.87. The quantitative estimate of drug-likeness (QED) is 0.457. The average molecular weight is 441 g/mol. The van der Waals surface area contributed by atoms with Gasteiger partial charge in [0.25, 0.3) is 0 Å². The van der Waals surface area contributed by atoms with Crippen LogP contribution in [0.4, 0.5) is 0 Å². The van der Waals surface area contributed by atoms with Crippen molar-refractivity contribution in [3.63, 3.8) is 0 Å². The van der Waals surface area contributed by atoms with E-state index in [2.05, 4.69) is 40.4 Å². The van der Waals surface area contributed by atoms with E-state index in [1.165, 1.54) is 0 Å². The topological polar surface area (TPSA) is 40.7 Å². The summed E-state index contributed by atoms with van der Waals surface area (Å²) in [6.45, 7) is 22.8. The summed E-state index contributed by atoms with van der Waals surface area (Å²) in [4.78, 5) is 10.5. The molecule has 3 aliphatic rings. The molecule has 0 radical (unpaired) electrons. The molecule has 3 aliphatic heterocycles. The van der Waals surface area contributed by atoms with Gasteiger partial charge in [0.05, 0.1) is 38.1 Å². The van der Waals surface area contributed by atoms with Crippen LogP contribution >= 0.6 is 0 Å². The van der Waals surface area contributed by atoms with Gasteiger partial charge in [-0.05, 0) is 19.3 Å². The van der Waals surface area contributed by atoms with Gasteiger partial charge in [0, 0.05) is 78.5 Å². The lowest BCUT2D eigenvalue weighted by Gasteiger charge is -2.37. The molecule has 3 fully saturated rings. The summed E-state index contributed by atoms with van der Waals surface area (Å²) in [7, 11) is 0. The van der Waals surface area contributed by atoms with Crippen LogP contribution < -0.4 is 0 Å². The molecule has 3 heterocycles. The lowest BCUT2D eigenvalue weighted by Crippen LogP contribution is -2.50. The highest BCUT2D eigenvalue weighted by Gasteiger charge is 2.23. The molecular formula is C24H48N4O3. The van der Waals surface area contributed by atoms with E-state index in [4.69, 9.17) is 14.2 Å². The predicted octanol–water partition coefficient (Wildman–Crippen LogP) is 1.62. The molecular weight excluding hydrogens is 392 g/mol. The summed E-state index contributed by atoms with van der Waals surface area (Å²) >= 11 is 0. The molecule has 0 saturated carbocycles. The number of morpholine rings is 3. The van der Waals surface area contributed by atoms with Crippen molar-refractivity contribution in [1.29, 1.82) is 0 Å². The van der Waals surface area contributed by atoms with Crippen LogP contribution in [0.25, 0.3) is 0 Å². The lowest BCUT2D eigenvalue weighted by molar-refractivity contribution is -0.0403. The fourth-order valence-corrected chi connectivity index (χ4v) is 4.88. The average Bonchev–Trinajstić information content (AvgIpc) is 2.83. The Hall–Kier alpha value is -0.280. The monoisotopic (exact) mass is 440 g/mol. The molecule has 0 aromatic rings. The highest BCUT2D eigenvalue weighted by atomic mass is 16.5. The van der Waals surface area contributed by atoms with E-state index in [0.717, 1.165) is 118 Å². The highest BCUT2D eigenvalue weighted by Crippen LogP contribution is 2.11. The van der Waals surface area contributed by atoms with Gasteiger partial charge < -0.3 is 14.2 Å². The molecule has 31 heavy (non-hydrogen) atoms. The maximum atomic E-state index is 5.87. The van der Waals surface area contributed by atoms with Crippen molar-refractivity contribution >= 4 is 0 Å². The first kappa shape index (κ1) is 25.3. The minimum atomic E-state index is 0.417. The van der Waals surface area contributed by atoms with Gasteiger partial charge in [0.15, 0.2) is 0 Å². The van der Waals surface area contributed by atoms with Crippen LogP contribution in [0.15, 0.2) is 0 Å². The Morgan fingerprint density at radius 1 is 0.581 bits per heavy atom. The standard InChI is InChI=1S/C24H48N4O3/c1-4-22-19-26(13-16-29-22)10-7-25(8-11-27-14-17-30-23(5-2)20-27)9-12-28-15-18-31-24(6-3)21-28/h22-24H,4-21H2,1-3H3. The summed E-state index contributed by atoms with van der Waals surface area (Å²) in [5, 5.41) is 0. The zero-order chi connectivity index (χ0) is 21.9. The molecule has 7 nitrogen and oxygen atoms in total. The molecule has 7 heteroatoms. The minimum Gasteiger partial charge on any atom is -0.376 e. The largest absolute Gasteiger partial charge is 0.376 e. The Bertz CT molecular complexity index is 417. The van der Waals surface area contributed by atoms with Gasteiger partial charge in [-0.25, -0.2) is 0 Å². The van der Waals surface area contributed by atoms with Gasteiger partial charge in [0.2, 0.25) is 0 Å². The number of hydrogen-bond donors (Lipinski definition) is 0. The maximum Gasteiger partial charge on any atom is 0.0700 e. The molecule has 3 atom stereocenters. The third-order valence-electron chi connectivity index (χ3n) is 7.23. The van der Waals surface area contributed by atoms with Crippen LogP contribution in [0, 0.1) is 0 Å². The van der Waals surface area contributed by atoms with Gasteiger partial charge in [-0.15, -0.1) is 0 Å². The molecule has 0 bridgehead atoms. The summed E-state index contributed by atoms with van der Waals surface area (Å²) < 4.78 is 17.6. The summed E-state index contributed by atoms with van der Waals surface area (Å²) in [6, 6.07) is 0. The van der Waals surface area contributed by atoms with Crippen LogP contribution in [0.5, 0.6) is 0 Å². The third-order valence-corrected chi connectivity index (χ3v) is 7.23. The Morgan fingerprint density at radius 2 is 0.903 bits per heavy atom. The van der Waals surface area contributed by atoms with E-state index in [0.29, 0.717) is 18.3 Å². The Labute approximate surface area is 190 Å². The van der Waals surface area contributed by atoms with E-state index in [1.807, 2.05) is 0 Å². The zero-order valence-electron chi connectivity index (χ0n) is 20.5. The van der Waals surface area contributed by atoms with Gasteiger partial charge in [-0.1, -0.05) is 20.8 Å². The van der Waals surface area contributed by atoms with E-state index in [1.54, 1.807) is 0 Å². The second kappa shape index (κ2) is 14.1. The van der Waals surface area contributed by atoms with Crippen molar-refractivity contribution in [3.05, 3.63) is 0 Å². The van der Waals surface area contributed by atoms with Crippen LogP contribution in [0.2, 0.25) is 0 Å². The smallest absolute Gasteiger partial charge is 0.0700 e. The predicted molar refractivity (Wildman–Crippen MR) is 126 cm³/mol. The van der Waals surface area contributed by atoms with Crippen molar-refractivity contribution < 1.29 is 14.2 Å². The molecule has 3 rings (SSSR count). The summed E-state index contributed by atoms with van der Waals surface area (Å²) in [6.07, 6.45) is 4.60. The first-order chi connectivity index (χ1) is 15.2. The Balaban J connectivity index is 1.46. The van der Waals surface area contributed by atoms with Gasteiger partial charge in [0.1, 0.15) is 0 Å². The van der Waals surface area contributed by atoms with Crippen molar-refractivity contribution in [1.82, 2.24) is 19.6 Å². The van der Waals surface area contributed by atoms with Gasteiger partial charge in [-0.3, -0.25) is 19.6 Å². The molecule has 0 aromatic carbocycles. The van der Waals surface area contributed by atoms with Crippen molar-refractivity contribution in [2.24, 2.45) is 0 Å². The second-order valence-electron chi connectivity index (χ2n) is 9.45. The third kappa shape index (κ3) is 8.88. The van der Waals surface area contributed by atoms with Crippen molar-refractivity contribution in [2.75, 3.05) is 98.4 Å². The highest BCUT2D eigenvalue weighted by molar-refractivity contribution is 4.76. The van der Waals surface area contributed by atoms with Gasteiger partial charge in [-0.2, -0.15) is 0 Å². The van der Waals surface area contributed by atoms with Gasteiger partial charge >= 0.3 is 0 Å². The Kier molecular flexibility index (Phi) is 11.5. The van der Waals surface area contributed by atoms with Crippen molar-refractivity contribution in [2.45, 2.75) is 58.3 Å². The zero-order valence-corrected chi connectivity index (χ0v) is 20.5. The van der Waals surface area contributed by atoms with E-state index in [9.17, 15) is 0 Å². The molecule has 0 aromatic heterocycles. The molecule has 0 spiro atoms. The van der Waals surface area contributed by atoms with E-state index < -0.39 is 0 Å². The number of nitrogens with zero attached hydrogens (tertiary/aromatic N) is 4. The summed E-state index contributed by atoms with van der Waals surface area (Å²) in [5.74, 6) is 0. The normalized spacial score (nSPS) is 29.6. The molecule has 3 saturated heterocycles. The number of rotatable bonds is 12. The molecule has 0 amide bonds. The number of ether oxygens (including phenoxy) is 3. The first-order valence-electron chi connectivity index (χ1n) is 12.9. The Morgan fingerprint density at radius 3 is 1.19 bits per heavy atom. The van der Waals surface area contributed by atoms with Crippen LogP contribution in [-0.2, 0) is 14.2 Å². The molecule has 0 aliphatic carbocycles. The first-order valence-corrected chi connectivity index (χ1v) is 12.9. The fourth-order valence-electron chi connectivity index (χ4n) is 4.88. The lowest BCUT2D eigenvalue weighted by atomic mass is 10.2. The van der Waals surface area contributed by atoms with Crippen LogP contribution in [0.1, 0.15) is 40.0 Å². The molecule has 0 N–H and O–H groups in total. The minimum absolute atomic E-state index is 0.417. The van der Waals surface area contributed by atoms with E-state index >= 15 is 0 Å². The second-order valence-corrected chi connectivity index (χ2v) is 9.45. The molecule has 182 valence electrons. The van der Waals surface area contributed by atoms with Crippen molar-refractivity contribution in [3.8, 4) is 0 Å². The SMILES string of the molecule is CCC1CN(CCN(CCN2CCOC(CC)C2)CCN2CCOC(CC)C2)CCO1. The number of hydrogen-bond acceptors (Lipinski definition) is 7. The fraction of sp³-hybridized carbons (Fsp3) is 1.00. The summed E-state index contributed by atoms with van der Waals surface area (Å²) in [5.41, 5.74) is 0. The van der Waals surface area contributed by atoms with E-state index in [-0.39, 0.29) is 0 Å². The van der Waals surface area contributed by atoms with Crippen LogP contribution in [0.3, 0.4) is 0 Å². The van der Waals surface area contributed by atoms with Crippen LogP contribution in [-0.4, -0.2) is 136 Å². The molecule has 3 unspecified atom stereocenters.